The molecule has 30 heavy (non-hydrogen) atoms. The third kappa shape index (κ3) is 3.28. The van der Waals surface area contributed by atoms with Crippen molar-refractivity contribution in [3.8, 4) is 11.4 Å². The van der Waals surface area contributed by atoms with E-state index in [4.69, 9.17) is 4.74 Å². The van der Waals surface area contributed by atoms with Gasteiger partial charge in [0.25, 0.3) is 5.91 Å². The monoisotopic (exact) mass is 404 g/mol. The number of methoxy groups -OCH3 is 1. The quantitative estimate of drug-likeness (QED) is 0.665. The minimum absolute atomic E-state index is 0.0202. The lowest BCUT2D eigenvalue weighted by Crippen LogP contribution is -2.50. The number of fused-ring (bicyclic) bond motifs is 1. The number of pyridine rings is 1. The number of hydrogen-bond donors (Lipinski definition) is 0. The number of anilines is 1. The molecule has 0 spiro atoms. The van der Waals surface area contributed by atoms with Gasteiger partial charge in [-0.1, -0.05) is 12.1 Å². The van der Waals surface area contributed by atoms with E-state index in [-0.39, 0.29) is 11.9 Å². The Morgan fingerprint density at radius 2 is 1.87 bits per heavy atom. The molecule has 2 aliphatic heterocycles. The van der Waals surface area contributed by atoms with Gasteiger partial charge in [0, 0.05) is 31.9 Å². The molecule has 5 rings (SSSR count). The maximum atomic E-state index is 13.5. The summed E-state index contributed by atoms with van der Waals surface area (Å²) in [6.07, 6.45) is 7.13. The van der Waals surface area contributed by atoms with E-state index in [1.807, 2.05) is 41.3 Å². The second-order valence-corrected chi connectivity index (χ2v) is 7.74. The van der Waals surface area contributed by atoms with Crippen LogP contribution in [0.5, 0.6) is 5.75 Å². The van der Waals surface area contributed by atoms with Gasteiger partial charge in [0.15, 0.2) is 0 Å². The lowest BCUT2D eigenvalue weighted by molar-refractivity contribution is 0.0678. The maximum absolute atomic E-state index is 13.5. The van der Waals surface area contributed by atoms with Crippen molar-refractivity contribution < 1.29 is 9.53 Å². The van der Waals surface area contributed by atoms with Crippen LogP contribution in [0.15, 0.2) is 55.0 Å². The first-order valence-electron chi connectivity index (χ1n) is 10.3. The van der Waals surface area contributed by atoms with Crippen molar-refractivity contribution >= 4 is 11.7 Å². The molecule has 0 unspecified atom stereocenters. The van der Waals surface area contributed by atoms with Crippen LogP contribution in [0.3, 0.4) is 0 Å². The Bertz CT molecular complexity index is 1040. The smallest absolute Gasteiger partial charge is 0.256 e. The minimum Gasteiger partial charge on any atom is -0.497 e. The topological polar surface area (TPSA) is 76.4 Å². The van der Waals surface area contributed by atoms with Crippen LogP contribution >= 0.6 is 0 Å². The second-order valence-electron chi connectivity index (χ2n) is 7.74. The zero-order valence-electron chi connectivity index (χ0n) is 16.9. The predicted molar refractivity (Wildman–Crippen MR) is 112 cm³/mol. The first-order chi connectivity index (χ1) is 14.7. The highest BCUT2D eigenvalue weighted by atomic mass is 16.5. The Hall–Kier alpha value is -3.42. The molecule has 8 nitrogen and oxygen atoms in total. The third-order valence-electron chi connectivity index (χ3n) is 6.17. The maximum Gasteiger partial charge on any atom is 0.256 e. The average Bonchev–Trinajstić information content (AvgIpc) is 3.48. The molecule has 0 N–H and O–H groups in total. The highest BCUT2D eigenvalue weighted by Crippen LogP contribution is 2.35. The predicted octanol–water partition coefficient (Wildman–Crippen LogP) is 2.41. The SMILES string of the molecule is COc1ccnc(N2CC[C@@H]3CCN(C(=O)c4ccccc4-n4nccn4)C[C@@H]32)c1. The van der Waals surface area contributed by atoms with Crippen molar-refractivity contribution in [3.63, 3.8) is 0 Å². The highest BCUT2D eigenvalue weighted by Gasteiger charge is 2.40. The summed E-state index contributed by atoms with van der Waals surface area (Å²) in [5.74, 6) is 2.31. The summed E-state index contributed by atoms with van der Waals surface area (Å²) in [5, 5.41) is 8.40. The Balaban J connectivity index is 1.39. The fraction of sp³-hybridized carbons (Fsp3) is 0.364. The van der Waals surface area contributed by atoms with Crippen LogP contribution < -0.4 is 9.64 Å². The van der Waals surface area contributed by atoms with Gasteiger partial charge in [0.05, 0.1) is 36.8 Å². The summed E-state index contributed by atoms with van der Waals surface area (Å²) in [4.78, 5) is 23.8. The lowest BCUT2D eigenvalue weighted by Gasteiger charge is -2.39. The number of carbonyl (C=O) groups excluding carboxylic acids is 1. The van der Waals surface area contributed by atoms with Gasteiger partial charge < -0.3 is 14.5 Å². The first kappa shape index (κ1) is 18.6. The molecule has 154 valence electrons. The number of para-hydroxylation sites is 1. The minimum atomic E-state index is 0.0202. The molecule has 0 bridgehead atoms. The molecule has 0 radical (unpaired) electrons. The van der Waals surface area contributed by atoms with E-state index in [1.54, 1.807) is 25.7 Å². The van der Waals surface area contributed by atoms with Crippen molar-refractivity contribution in [2.24, 2.45) is 5.92 Å². The van der Waals surface area contributed by atoms with Crippen LogP contribution in [0, 0.1) is 5.92 Å². The molecule has 2 saturated heterocycles. The van der Waals surface area contributed by atoms with E-state index < -0.39 is 0 Å². The summed E-state index contributed by atoms with van der Waals surface area (Å²) in [7, 11) is 1.67. The summed E-state index contributed by atoms with van der Waals surface area (Å²) >= 11 is 0. The Morgan fingerprint density at radius 3 is 2.70 bits per heavy atom. The van der Waals surface area contributed by atoms with Gasteiger partial charge in [-0.25, -0.2) is 4.98 Å². The van der Waals surface area contributed by atoms with Gasteiger partial charge in [0.2, 0.25) is 0 Å². The Kier molecular flexibility index (Phi) is 4.82. The van der Waals surface area contributed by atoms with Crippen LogP contribution in [0.25, 0.3) is 5.69 Å². The van der Waals surface area contributed by atoms with Crippen LogP contribution in [0.2, 0.25) is 0 Å². The van der Waals surface area contributed by atoms with Crippen LogP contribution in [0.4, 0.5) is 5.82 Å². The highest BCUT2D eigenvalue weighted by molar-refractivity contribution is 5.97. The number of likely N-dealkylation sites (tertiary alicyclic amines) is 1. The standard InChI is InChI=1S/C22H24N6O2/c1-30-17-6-9-23-21(14-17)27-13-8-16-7-12-26(15-20(16)27)22(29)18-4-2-3-5-19(18)28-24-10-11-25-28/h2-6,9-11,14,16,20H,7-8,12-13,15H2,1H3/t16-,20-/m0/s1. The molecule has 1 amide bonds. The molecule has 1 aromatic carbocycles. The number of carbonyl (C=O) groups is 1. The van der Waals surface area contributed by atoms with Gasteiger partial charge in [0.1, 0.15) is 11.6 Å². The van der Waals surface area contributed by atoms with Crippen molar-refractivity contribution in [3.05, 3.63) is 60.6 Å². The lowest BCUT2D eigenvalue weighted by atomic mass is 9.91. The summed E-state index contributed by atoms with van der Waals surface area (Å²) < 4.78 is 5.37. The van der Waals surface area contributed by atoms with Crippen molar-refractivity contribution in [1.29, 1.82) is 0 Å². The number of aromatic nitrogens is 4. The molecule has 0 saturated carbocycles. The van der Waals surface area contributed by atoms with Crippen LogP contribution in [-0.2, 0) is 0 Å². The summed E-state index contributed by atoms with van der Waals surface area (Å²) in [5.41, 5.74) is 1.32. The number of amides is 1. The van der Waals surface area contributed by atoms with Gasteiger partial charge in [-0.2, -0.15) is 15.0 Å². The summed E-state index contributed by atoms with van der Waals surface area (Å²) in [6.45, 7) is 2.40. The number of piperidine rings is 1. The van der Waals surface area contributed by atoms with Crippen LogP contribution in [0.1, 0.15) is 23.2 Å². The Labute approximate surface area is 175 Å². The summed E-state index contributed by atoms with van der Waals surface area (Å²) in [6, 6.07) is 11.6. The zero-order valence-corrected chi connectivity index (χ0v) is 16.9. The Morgan fingerprint density at radius 1 is 1.07 bits per heavy atom. The van der Waals surface area contributed by atoms with Crippen molar-refractivity contribution in [2.45, 2.75) is 18.9 Å². The third-order valence-corrected chi connectivity index (χ3v) is 6.17. The normalized spacial score (nSPS) is 20.8. The average molecular weight is 404 g/mol. The second kappa shape index (κ2) is 7.78. The van der Waals surface area contributed by atoms with Gasteiger partial charge >= 0.3 is 0 Å². The van der Waals surface area contributed by atoms with Gasteiger partial charge in [-0.3, -0.25) is 4.79 Å². The molecule has 2 atom stereocenters. The van der Waals surface area contributed by atoms with Crippen LogP contribution in [-0.4, -0.2) is 63.6 Å². The molecule has 3 aromatic rings. The van der Waals surface area contributed by atoms with Gasteiger partial charge in [-0.15, -0.1) is 0 Å². The fourth-order valence-corrected chi connectivity index (χ4v) is 4.63. The van der Waals surface area contributed by atoms with Gasteiger partial charge in [-0.05, 0) is 37.0 Å². The van der Waals surface area contributed by atoms with E-state index in [9.17, 15) is 4.79 Å². The van der Waals surface area contributed by atoms with E-state index in [2.05, 4.69) is 20.1 Å². The van der Waals surface area contributed by atoms with E-state index in [1.165, 1.54) is 4.80 Å². The van der Waals surface area contributed by atoms with Crippen molar-refractivity contribution in [1.82, 2.24) is 24.9 Å². The number of ether oxygens (including phenoxy) is 1. The molecule has 2 aliphatic rings. The molecule has 0 aliphatic carbocycles. The van der Waals surface area contributed by atoms with E-state index in [0.717, 1.165) is 37.5 Å². The molecular formula is C22H24N6O2. The van der Waals surface area contributed by atoms with Crippen molar-refractivity contribution in [2.75, 3.05) is 31.6 Å². The molecular weight excluding hydrogens is 380 g/mol. The number of rotatable bonds is 4. The molecule has 4 heterocycles. The number of nitrogens with zero attached hydrogens (tertiary/aromatic N) is 6. The fourth-order valence-electron chi connectivity index (χ4n) is 4.63. The molecule has 2 aromatic heterocycles. The largest absolute Gasteiger partial charge is 0.497 e. The zero-order chi connectivity index (χ0) is 20.5. The molecule has 2 fully saturated rings. The van der Waals surface area contributed by atoms with E-state index in [0.29, 0.717) is 23.7 Å². The molecule has 8 heteroatoms. The first-order valence-corrected chi connectivity index (χ1v) is 10.3. The number of hydrogen-bond acceptors (Lipinski definition) is 6. The van der Waals surface area contributed by atoms with E-state index >= 15 is 0 Å². The number of benzene rings is 1.